The van der Waals surface area contributed by atoms with Gasteiger partial charge in [-0.05, 0) is 0 Å². The summed E-state index contributed by atoms with van der Waals surface area (Å²) in [7, 11) is 0. The first-order valence-electron chi connectivity index (χ1n) is 7.22. The number of rotatable bonds is 1. The summed E-state index contributed by atoms with van der Waals surface area (Å²) in [6.07, 6.45) is -2.62. The van der Waals surface area contributed by atoms with Crippen molar-refractivity contribution >= 4 is 11.6 Å². The van der Waals surface area contributed by atoms with Crippen LogP contribution in [0.25, 0.3) is 5.78 Å². The molecular weight excluding hydrogens is 315 g/mol. The van der Waals surface area contributed by atoms with Crippen molar-refractivity contribution in [2.45, 2.75) is 18.2 Å². The fraction of sp³-hybridized carbons (Fsp3) is 0.615. The molecule has 124 valence electrons. The van der Waals surface area contributed by atoms with E-state index >= 15 is 0 Å². The number of nitrogens with zero attached hydrogens (tertiary/aromatic N) is 5. The molecule has 0 amide bonds. The fourth-order valence-corrected chi connectivity index (χ4v) is 3.03. The summed E-state index contributed by atoms with van der Waals surface area (Å²) >= 11 is 0. The second-order valence-electron chi connectivity index (χ2n) is 5.72. The number of aromatic nitrogens is 4. The van der Waals surface area contributed by atoms with E-state index in [1.807, 2.05) is 4.90 Å². The van der Waals surface area contributed by atoms with Crippen LogP contribution in [0.3, 0.4) is 0 Å². The first kappa shape index (κ1) is 14.6. The molecule has 10 heteroatoms. The van der Waals surface area contributed by atoms with E-state index in [0.29, 0.717) is 38.7 Å². The van der Waals surface area contributed by atoms with Gasteiger partial charge in [-0.3, -0.25) is 0 Å². The Bertz CT molecular complexity index is 726. The van der Waals surface area contributed by atoms with Crippen LogP contribution < -0.4 is 4.90 Å². The topological polar surface area (TPSA) is 64.8 Å². The Morgan fingerprint density at radius 1 is 1.26 bits per heavy atom. The minimum absolute atomic E-state index is 0.0713. The van der Waals surface area contributed by atoms with Gasteiger partial charge in [0, 0.05) is 25.6 Å². The molecule has 0 aromatic carbocycles. The van der Waals surface area contributed by atoms with Gasteiger partial charge in [0.25, 0.3) is 5.78 Å². The number of hydrogen-bond donors (Lipinski definition) is 0. The average Bonchev–Trinajstić information content (AvgIpc) is 3.14. The molecule has 2 fully saturated rings. The van der Waals surface area contributed by atoms with Crippen LogP contribution in [0.15, 0.2) is 12.4 Å². The lowest BCUT2D eigenvalue weighted by atomic mass is 10.0. The third kappa shape index (κ3) is 2.51. The van der Waals surface area contributed by atoms with Crippen LogP contribution in [-0.2, 0) is 15.7 Å². The number of halogens is 3. The SMILES string of the molecule is FC(F)(F)c1cc(N2CCOC3(CCOC3)C2)n2ncnc2n1. The summed E-state index contributed by atoms with van der Waals surface area (Å²) in [5, 5.41) is 3.99. The summed E-state index contributed by atoms with van der Waals surface area (Å²) in [5.74, 6) is 0.243. The van der Waals surface area contributed by atoms with Crippen LogP contribution >= 0.6 is 0 Å². The van der Waals surface area contributed by atoms with Gasteiger partial charge in [-0.15, -0.1) is 0 Å². The average molecular weight is 329 g/mol. The second-order valence-corrected chi connectivity index (χ2v) is 5.72. The molecule has 4 rings (SSSR count). The lowest BCUT2D eigenvalue weighted by Crippen LogP contribution is -2.53. The maximum Gasteiger partial charge on any atom is 0.433 e. The van der Waals surface area contributed by atoms with E-state index in [-0.39, 0.29) is 5.78 Å². The Morgan fingerprint density at radius 3 is 2.87 bits per heavy atom. The van der Waals surface area contributed by atoms with Gasteiger partial charge in [-0.1, -0.05) is 0 Å². The fourth-order valence-electron chi connectivity index (χ4n) is 3.03. The van der Waals surface area contributed by atoms with Gasteiger partial charge in [0.15, 0.2) is 5.69 Å². The van der Waals surface area contributed by atoms with E-state index in [2.05, 4.69) is 15.1 Å². The lowest BCUT2D eigenvalue weighted by molar-refractivity contribution is -0.141. The zero-order valence-corrected chi connectivity index (χ0v) is 12.1. The van der Waals surface area contributed by atoms with Gasteiger partial charge in [-0.2, -0.15) is 27.8 Å². The molecule has 0 N–H and O–H groups in total. The molecule has 2 saturated heterocycles. The van der Waals surface area contributed by atoms with Gasteiger partial charge < -0.3 is 14.4 Å². The summed E-state index contributed by atoms with van der Waals surface area (Å²) in [5.41, 5.74) is -1.44. The zero-order chi connectivity index (χ0) is 16.1. The highest BCUT2D eigenvalue weighted by molar-refractivity contribution is 5.48. The highest BCUT2D eigenvalue weighted by atomic mass is 19.4. The lowest BCUT2D eigenvalue weighted by Gasteiger charge is -2.40. The molecule has 4 heterocycles. The van der Waals surface area contributed by atoms with Crippen molar-refractivity contribution in [1.29, 1.82) is 0 Å². The molecule has 2 aromatic rings. The van der Waals surface area contributed by atoms with Crippen LogP contribution in [0.1, 0.15) is 12.1 Å². The molecule has 2 aromatic heterocycles. The van der Waals surface area contributed by atoms with Crippen LogP contribution in [0.5, 0.6) is 0 Å². The number of alkyl halides is 3. The number of morpholine rings is 1. The Balaban J connectivity index is 1.76. The van der Waals surface area contributed by atoms with Crippen molar-refractivity contribution < 1.29 is 22.6 Å². The molecule has 1 atom stereocenters. The van der Waals surface area contributed by atoms with Crippen LogP contribution in [-0.4, -0.2) is 58.1 Å². The van der Waals surface area contributed by atoms with Gasteiger partial charge in [0.1, 0.15) is 17.7 Å². The summed E-state index contributed by atoms with van der Waals surface area (Å²) in [6, 6.07) is 1.01. The molecule has 7 nitrogen and oxygen atoms in total. The Hall–Kier alpha value is -1.94. The maximum absolute atomic E-state index is 13.1. The van der Waals surface area contributed by atoms with E-state index < -0.39 is 17.5 Å². The first-order valence-corrected chi connectivity index (χ1v) is 7.22. The summed E-state index contributed by atoms with van der Waals surface area (Å²) in [4.78, 5) is 9.16. The number of ether oxygens (including phenoxy) is 2. The van der Waals surface area contributed by atoms with Gasteiger partial charge >= 0.3 is 6.18 Å². The summed E-state index contributed by atoms with van der Waals surface area (Å²) in [6.45, 7) is 2.38. The van der Waals surface area contributed by atoms with E-state index in [0.717, 1.165) is 12.5 Å². The molecular formula is C13H14F3N5O2. The maximum atomic E-state index is 13.1. The predicted molar refractivity (Wildman–Crippen MR) is 72.1 cm³/mol. The van der Waals surface area contributed by atoms with Gasteiger partial charge in [0.2, 0.25) is 0 Å². The minimum atomic E-state index is -4.54. The van der Waals surface area contributed by atoms with Crippen molar-refractivity contribution in [3.63, 3.8) is 0 Å². The summed E-state index contributed by atoms with van der Waals surface area (Å²) < 4.78 is 51.8. The van der Waals surface area contributed by atoms with E-state index in [1.165, 1.54) is 10.8 Å². The van der Waals surface area contributed by atoms with Crippen LogP contribution in [0.2, 0.25) is 0 Å². The Kier molecular flexibility index (Phi) is 3.20. The Labute approximate surface area is 129 Å². The molecule has 23 heavy (non-hydrogen) atoms. The number of anilines is 1. The molecule has 0 saturated carbocycles. The quantitative estimate of drug-likeness (QED) is 0.782. The van der Waals surface area contributed by atoms with Crippen LogP contribution in [0.4, 0.5) is 19.0 Å². The van der Waals surface area contributed by atoms with Crippen molar-refractivity contribution in [2.24, 2.45) is 0 Å². The highest BCUT2D eigenvalue weighted by Gasteiger charge is 2.42. The van der Waals surface area contributed by atoms with E-state index in [1.54, 1.807) is 0 Å². The molecule has 1 unspecified atom stereocenters. The van der Waals surface area contributed by atoms with Crippen molar-refractivity contribution in [2.75, 3.05) is 37.8 Å². The van der Waals surface area contributed by atoms with Crippen molar-refractivity contribution in [3.8, 4) is 0 Å². The van der Waals surface area contributed by atoms with E-state index in [4.69, 9.17) is 9.47 Å². The Morgan fingerprint density at radius 2 is 2.13 bits per heavy atom. The van der Waals surface area contributed by atoms with Crippen LogP contribution in [0, 0.1) is 0 Å². The highest BCUT2D eigenvalue weighted by Crippen LogP contribution is 2.33. The molecule has 0 radical (unpaired) electrons. The standard InChI is InChI=1S/C13H14F3N5O2/c14-13(15,16)9-5-10(21-11(19-9)17-8-18-21)20-2-4-23-12(6-20)1-3-22-7-12/h5,8H,1-4,6-7H2. The molecule has 2 aliphatic heterocycles. The largest absolute Gasteiger partial charge is 0.433 e. The van der Waals surface area contributed by atoms with Gasteiger partial charge in [-0.25, -0.2) is 4.98 Å². The number of hydrogen-bond acceptors (Lipinski definition) is 6. The zero-order valence-electron chi connectivity index (χ0n) is 12.1. The molecule has 0 aliphatic carbocycles. The second kappa shape index (κ2) is 5.03. The smallest absolute Gasteiger partial charge is 0.378 e. The third-order valence-electron chi connectivity index (χ3n) is 4.16. The van der Waals surface area contributed by atoms with Gasteiger partial charge in [0.05, 0.1) is 19.8 Å². The minimum Gasteiger partial charge on any atom is -0.378 e. The number of fused-ring (bicyclic) bond motifs is 1. The molecule has 0 bridgehead atoms. The predicted octanol–water partition coefficient (Wildman–Crippen LogP) is 1.14. The van der Waals surface area contributed by atoms with Crippen molar-refractivity contribution in [1.82, 2.24) is 19.6 Å². The normalized spacial score (nSPS) is 25.6. The van der Waals surface area contributed by atoms with Crippen molar-refractivity contribution in [3.05, 3.63) is 18.1 Å². The first-order chi connectivity index (χ1) is 11.0. The third-order valence-corrected chi connectivity index (χ3v) is 4.16. The van der Waals surface area contributed by atoms with E-state index in [9.17, 15) is 13.2 Å². The monoisotopic (exact) mass is 329 g/mol. The molecule has 1 spiro atoms. The molecule has 2 aliphatic rings.